The third-order valence-corrected chi connectivity index (χ3v) is 4.29. The van der Waals surface area contributed by atoms with Gasteiger partial charge in [-0.25, -0.2) is 9.37 Å². The summed E-state index contributed by atoms with van der Waals surface area (Å²) in [5.74, 6) is -1.12. The number of fused-ring (bicyclic) bond motifs is 2. The molecule has 2 aromatic carbocycles. The van der Waals surface area contributed by atoms with Gasteiger partial charge in [-0.15, -0.1) is 0 Å². The maximum absolute atomic E-state index is 13.0. The number of carboxylic acid groups (broad SMARTS) is 1. The Labute approximate surface area is 141 Å². The highest BCUT2D eigenvalue weighted by molar-refractivity contribution is 5.92. The maximum atomic E-state index is 13.0. The Balaban J connectivity index is 1.88. The van der Waals surface area contributed by atoms with E-state index >= 15 is 0 Å². The molecule has 124 valence electrons. The molecule has 0 bridgehead atoms. The fourth-order valence-corrected chi connectivity index (χ4v) is 3.04. The summed E-state index contributed by atoms with van der Waals surface area (Å²) in [6.45, 7) is 0.506. The first-order valence-corrected chi connectivity index (χ1v) is 7.75. The van der Waals surface area contributed by atoms with Gasteiger partial charge in [0.2, 0.25) is 0 Å². The lowest BCUT2D eigenvalue weighted by atomic mass is 10.1. The van der Waals surface area contributed by atoms with Crippen LogP contribution >= 0.6 is 0 Å². The minimum Gasteiger partial charge on any atom is -0.545 e. The first-order valence-electron chi connectivity index (χ1n) is 7.75. The van der Waals surface area contributed by atoms with Gasteiger partial charge >= 0.3 is 0 Å². The van der Waals surface area contributed by atoms with E-state index < -0.39 is 5.97 Å². The number of rotatable bonds is 2. The molecular formula is C19H12FN2O3-. The van der Waals surface area contributed by atoms with Crippen molar-refractivity contribution in [3.8, 4) is 0 Å². The molecule has 1 aliphatic heterocycles. The molecule has 5 nitrogen and oxygen atoms in total. The molecule has 6 heteroatoms. The van der Waals surface area contributed by atoms with Crippen molar-refractivity contribution in [1.82, 2.24) is 9.55 Å². The van der Waals surface area contributed by atoms with Gasteiger partial charge in [0.25, 0.3) is 5.56 Å². The SMILES string of the molecule is O=C([O-])c1ccc2c(=O)n3c(nc2c1)/C(=C/c1ccc(F)cc1)CC3. The number of halogens is 1. The zero-order valence-corrected chi connectivity index (χ0v) is 13.0. The number of nitrogens with zero attached hydrogens (tertiary/aromatic N) is 2. The van der Waals surface area contributed by atoms with Crippen LogP contribution in [-0.2, 0) is 6.54 Å². The summed E-state index contributed by atoms with van der Waals surface area (Å²) >= 11 is 0. The number of hydrogen-bond donors (Lipinski definition) is 0. The zero-order chi connectivity index (χ0) is 17.6. The molecule has 0 saturated carbocycles. The molecule has 0 N–H and O–H groups in total. The number of carbonyl (C=O) groups is 1. The molecule has 1 aliphatic rings. The molecule has 0 saturated heterocycles. The Morgan fingerprint density at radius 1 is 1.20 bits per heavy atom. The molecule has 0 amide bonds. The standard InChI is InChI=1S/C19H13FN2O3/c20-14-4-1-11(2-5-14)9-12-7-8-22-17(12)21-16-10-13(19(24)25)3-6-15(16)18(22)23/h1-6,9-10H,7-8H2,(H,24,25)/p-1/b12-9+. The third kappa shape index (κ3) is 2.61. The maximum Gasteiger partial charge on any atom is 0.261 e. The third-order valence-electron chi connectivity index (χ3n) is 4.29. The van der Waals surface area contributed by atoms with Crippen LogP contribution in [0.25, 0.3) is 22.6 Å². The Kier molecular flexibility index (Phi) is 3.46. The molecule has 0 radical (unpaired) electrons. The summed E-state index contributed by atoms with van der Waals surface area (Å²) in [7, 11) is 0. The van der Waals surface area contributed by atoms with E-state index in [9.17, 15) is 19.1 Å². The molecule has 0 atom stereocenters. The monoisotopic (exact) mass is 335 g/mol. The fraction of sp³-hybridized carbons (Fsp3) is 0.105. The van der Waals surface area contributed by atoms with Crippen molar-refractivity contribution in [2.45, 2.75) is 13.0 Å². The van der Waals surface area contributed by atoms with Crippen LogP contribution in [0, 0.1) is 5.82 Å². The second-order valence-corrected chi connectivity index (χ2v) is 5.88. The van der Waals surface area contributed by atoms with E-state index in [0.717, 1.165) is 11.1 Å². The van der Waals surface area contributed by atoms with E-state index in [4.69, 9.17) is 0 Å². The number of carboxylic acids is 1. The first-order chi connectivity index (χ1) is 12.0. The van der Waals surface area contributed by atoms with Crippen LogP contribution in [0.5, 0.6) is 0 Å². The van der Waals surface area contributed by atoms with Crippen LogP contribution in [0.15, 0.2) is 47.3 Å². The Hall–Kier alpha value is -3.28. The van der Waals surface area contributed by atoms with Crippen LogP contribution in [0.1, 0.15) is 28.2 Å². The molecule has 3 aromatic rings. The summed E-state index contributed by atoms with van der Waals surface area (Å²) in [4.78, 5) is 28.1. The average Bonchev–Trinajstić information content (AvgIpc) is 2.99. The lowest BCUT2D eigenvalue weighted by molar-refractivity contribution is -0.255. The molecule has 4 rings (SSSR count). The predicted octanol–water partition coefficient (Wildman–Crippen LogP) is 1.84. The van der Waals surface area contributed by atoms with Crippen molar-refractivity contribution < 1.29 is 14.3 Å². The number of hydrogen-bond acceptors (Lipinski definition) is 4. The molecule has 2 heterocycles. The highest BCUT2D eigenvalue weighted by Gasteiger charge is 2.21. The fourth-order valence-electron chi connectivity index (χ4n) is 3.04. The van der Waals surface area contributed by atoms with Crippen molar-refractivity contribution in [1.29, 1.82) is 0 Å². The molecule has 0 spiro atoms. The minimum atomic E-state index is -1.31. The van der Waals surface area contributed by atoms with E-state index in [2.05, 4.69) is 4.98 Å². The molecule has 0 unspecified atom stereocenters. The zero-order valence-electron chi connectivity index (χ0n) is 13.0. The predicted molar refractivity (Wildman–Crippen MR) is 89.2 cm³/mol. The van der Waals surface area contributed by atoms with Gasteiger partial charge in [-0.2, -0.15) is 0 Å². The van der Waals surface area contributed by atoms with Crippen molar-refractivity contribution >= 4 is 28.5 Å². The van der Waals surface area contributed by atoms with Crippen LogP contribution in [0.2, 0.25) is 0 Å². The number of carbonyl (C=O) groups excluding carboxylic acids is 1. The lowest BCUT2D eigenvalue weighted by Crippen LogP contribution is -2.23. The van der Waals surface area contributed by atoms with E-state index in [1.807, 2.05) is 6.08 Å². The molecular weight excluding hydrogens is 323 g/mol. The summed E-state index contributed by atoms with van der Waals surface area (Å²) in [6, 6.07) is 10.2. The van der Waals surface area contributed by atoms with Gasteiger partial charge in [0.15, 0.2) is 0 Å². The van der Waals surface area contributed by atoms with Crippen LogP contribution < -0.4 is 10.7 Å². The normalized spacial score (nSPS) is 14.8. The van der Waals surface area contributed by atoms with Crippen LogP contribution in [-0.4, -0.2) is 15.5 Å². The summed E-state index contributed by atoms with van der Waals surface area (Å²) < 4.78 is 14.6. The quantitative estimate of drug-likeness (QED) is 0.716. The molecule has 1 aromatic heterocycles. The van der Waals surface area contributed by atoms with Gasteiger partial charge in [-0.3, -0.25) is 9.36 Å². The average molecular weight is 335 g/mol. The lowest BCUT2D eigenvalue weighted by Gasteiger charge is -2.08. The van der Waals surface area contributed by atoms with E-state index in [1.54, 1.807) is 16.7 Å². The van der Waals surface area contributed by atoms with Gasteiger partial charge in [0.05, 0.1) is 16.9 Å². The largest absolute Gasteiger partial charge is 0.545 e. The number of allylic oxidation sites excluding steroid dienone is 1. The van der Waals surface area contributed by atoms with E-state index in [0.29, 0.717) is 29.7 Å². The Morgan fingerprint density at radius 2 is 1.96 bits per heavy atom. The first kappa shape index (κ1) is 15.3. The van der Waals surface area contributed by atoms with Gasteiger partial charge < -0.3 is 9.90 Å². The smallest absolute Gasteiger partial charge is 0.261 e. The van der Waals surface area contributed by atoms with Crippen LogP contribution in [0.3, 0.4) is 0 Å². The van der Waals surface area contributed by atoms with E-state index in [-0.39, 0.29) is 16.9 Å². The molecule has 0 fully saturated rings. The summed E-state index contributed by atoms with van der Waals surface area (Å²) in [5, 5.41) is 11.4. The van der Waals surface area contributed by atoms with Crippen molar-refractivity contribution in [3.05, 3.63) is 75.6 Å². The number of aromatic nitrogens is 2. The second-order valence-electron chi connectivity index (χ2n) is 5.88. The Bertz CT molecular complexity index is 1100. The number of aromatic carboxylic acids is 1. The van der Waals surface area contributed by atoms with Crippen molar-refractivity contribution in [3.63, 3.8) is 0 Å². The Morgan fingerprint density at radius 3 is 2.68 bits per heavy atom. The van der Waals surface area contributed by atoms with Gasteiger partial charge in [-0.1, -0.05) is 18.2 Å². The number of benzene rings is 2. The minimum absolute atomic E-state index is 0.0218. The van der Waals surface area contributed by atoms with Crippen molar-refractivity contribution in [2.75, 3.05) is 0 Å². The second kappa shape index (κ2) is 5.66. The topological polar surface area (TPSA) is 75.0 Å². The molecule has 25 heavy (non-hydrogen) atoms. The van der Waals surface area contributed by atoms with Gasteiger partial charge in [0.1, 0.15) is 11.6 Å². The molecule has 0 aliphatic carbocycles. The van der Waals surface area contributed by atoms with Gasteiger partial charge in [-0.05, 0) is 53.5 Å². The van der Waals surface area contributed by atoms with Crippen LogP contribution in [0.4, 0.5) is 4.39 Å². The summed E-state index contributed by atoms with van der Waals surface area (Å²) in [6.07, 6.45) is 2.49. The van der Waals surface area contributed by atoms with Gasteiger partial charge in [0, 0.05) is 6.54 Å². The highest BCUT2D eigenvalue weighted by Crippen LogP contribution is 2.27. The highest BCUT2D eigenvalue weighted by atomic mass is 19.1. The summed E-state index contributed by atoms with van der Waals surface area (Å²) in [5.41, 5.74) is 1.76. The van der Waals surface area contributed by atoms with Crippen molar-refractivity contribution in [2.24, 2.45) is 0 Å². The van der Waals surface area contributed by atoms with E-state index in [1.165, 1.54) is 30.3 Å².